The van der Waals surface area contributed by atoms with Crippen LogP contribution < -0.4 is 0 Å². The number of likely N-dealkylation sites (tertiary alicyclic amines) is 1. The van der Waals surface area contributed by atoms with Crippen molar-refractivity contribution in [1.29, 1.82) is 0 Å². The summed E-state index contributed by atoms with van der Waals surface area (Å²) in [6.45, 7) is 1.44. The second kappa shape index (κ2) is 6.50. The monoisotopic (exact) mass is 356 g/mol. The Balaban J connectivity index is 1.40. The maximum atomic E-state index is 13.0. The molecule has 134 valence electrons. The normalized spacial score (nSPS) is 17.5. The highest BCUT2D eigenvalue weighted by Crippen LogP contribution is 2.27. The smallest absolute Gasteiger partial charge is 0.272 e. The number of carbonyl (C=O) groups is 1. The van der Waals surface area contributed by atoms with E-state index in [0.717, 1.165) is 47.1 Å². The average molecular weight is 356 g/mol. The highest BCUT2D eigenvalue weighted by atomic mass is 16.2. The Kier molecular flexibility index (Phi) is 3.85. The number of pyridine rings is 1. The van der Waals surface area contributed by atoms with Gasteiger partial charge in [0.2, 0.25) is 0 Å². The van der Waals surface area contributed by atoms with Crippen molar-refractivity contribution in [3.05, 3.63) is 72.2 Å². The fraction of sp³-hybridized carbons (Fsp3) is 0.227. The van der Waals surface area contributed by atoms with Crippen LogP contribution in [0.5, 0.6) is 0 Å². The third-order valence-corrected chi connectivity index (χ3v) is 5.32. The van der Waals surface area contributed by atoms with E-state index in [0.29, 0.717) is 12.2 Å². The molecule has 0 unspecified atom stereocenters. The number of nitrogens with zero attached hydrogens (tertiary/aromatic N) is 3. The summed E-state index contributed by atoms with van der Waals surface area (Å²) in [6.07, 6.45) is 2.01. The SMILES string of the molecule is O=C(c1ccc2ccccc2n1)N1CCC[C@H](c2nc3ccccc3[nH]2)C1. The zero-order valence-electron chi connectivity index (χ0n) is 14.9. The molecule has 5 rings (SSSR count). The number of hydrogen-bond acceptors (Lipinski definition) is 3. The van der Waals surface area contributed by atoms with Gasteiger partial charge in [-0.1, -0.05) is 36.4 Å². The fourth-order valence-corrected chi connectivity index (χ4v) is 3.90. The van der Waals surface area contributed by atoms with Gasteiger partial charge in [0.05, 0.1) is 16.6 Å². The van der Waals surface area contributed by atoms with Crippen molar-refractivity contribution in [2.45, 2.75) is 18.8 Å². The van der Waals surface area contributed by atoms with Gasteiger partial charge in [0.15, 0.2) is 0 Å². The minimum atomic E-state index is 0.00145. The lowest BCUT2D eigenvalue weighted by atomic mass is 9.97. The highest BCUT2D eigenvalue weighted by Gasteiger charge is 2.28. The van der Waals surface area contributed by atoms with Crippen LogP contribution in [0, 0.1) is 0 Å². The second-order valence-corrected chi connectivity index (χ2v) is 7.12. The molecule has 2 aromatic carbocycles. The van der Waals surface area contributed by atoms with E-state index in [1.165, 1.54) is 0 Å². The van der Waals surface area contributed by atoms with Gasteiger partial charge in [-0.15, -0.1) is 0 Å². The number of para-hydroxylation sites is 3. The predicted molar refractivity (Wildman–Crippen MR) is 106 cm³/mol. The molecular weight excluding hydrogens is 336 g/mol. The molecule has 1 aliphatic heterocycles. The summed E-state index contributed by atoms with van der Waals surface area (Å²) < 4.78 is 0. The Bertz CT molecular complexity index is 1100. The van der Waals surface area contributed by atoms with Crippen LogP contribution in [0.1, 0.15) is 35.1 Å². The van der Waals surface area contributed by atoms with Gasteiger partial charge in [0, 0.05) is 24.4 Å². The van der Waals surface area contributed by atoms with Crippen molar-refractivity contribution in [3.8, 4) is 0 Å². The first-order chi connectivity index (χ1) is 13.3. The van der Waals surface area contributed by atoms with Crippen LogP contribution in [-0.4, -0.2) is 38.8 Å². The van der Waals surface area contributed by atoms with Gasteiger partial charge in [-0.05, 0) is 37.1 Å². The van der Waals surface area contributed by atoms with Gasteiger partial charge in [-0.25, -0.2) is 9.97 Å². The number of hydrogen-bond donors (Lipinski definition) is 1. The van der Waals surface area contributed by atoms with E-state index in [9.17, 15) is 4.79 Å². The Morgan fingerprint density at radius 2 is 1.78 bits per heavy atom. The summed E-state index contributed by atoms with van der Waals surface area (Å²) in [6, 6.07) is 19.7. The first-order valence-corrected chi connectivity index (χ1v) is 9.38. The molecular formula is C22H20N4O. The summed E-state index contributed by atoms with van der Waals surface area (Å²) in [7, 11) is 0. The van der Waals surface area contributed by atoms with E-state index < -0.39 is 0 Å². The Morgan fingerprint density at radius 3 is 2.67 bits per heavy atom. The van der Waals surface area contributed by atoms with Crippen molar-refractivity contribution in [2.75, 3.05) is 13.1 Å². The standard InChI is InChI=1S/C22H20N4O/c27-22(20-12-11-15-6-1-2-8-17(15)23-20)26-13-5-7-16(14-26)21-24-18-9-3-4-10-19(18)25-21/h1-4,6,8-12,16H,5,7,13-14H2,(H,24,25)/t16-/m0/s1. The molecule has 0 radical (unpaired) electrons. The molecule has 1 amide bonds. The van der Waals surface area contributed by atoms with Crippen LogP contribution in [0.2, 0.25) is 0 Å². The third-order valence-electron chi connectivity index (χ3n) is 5.32. The number of rotatable bonds is 2. The summed E-state index contributed by atoms with van der Waals surface area (Å²) in [5, 5.41) is 1.05. The number of nitrogens with one attached hydrogen (secondary N) is 1. The molecule has 1 saturated heterocycles. The molecule has 0 saturated carbocycles. The lowest BCUT2D eigenvalue weighted by Crippen LogP contribution is -2.39. The number of carbonyl (C=O) groups excluding carboxylic acids is 1. The molecule has 2 aromatic heterocycles. The number of aromatic amines is 1. The maximum Gasteiger partial charge on any atom is 0.272 e. The van der Waals surface area contributed by atoms with Gasteiger partial charge in [0.25, 0.3) is 5.91 Å². The summed E-state index contributed by atoms with van der Waals surface area (Å²) >= 11 is 0. The number of imidazole rings is 1. The number of aromatic nitrogens is 3. The van der Waals surface area contributed by atoms with Gasteiger partial charge >= 0.3 is 0 Å². The maximum absolute atomic E-state index is 13.0. The molecule has 5 nitrogen and oxygen atoms in total. The average Bonchev–Trinajstić information content (AvgIpc) is 3.17. The van der Waals surface area contributed by atoms with E-state index in [1.54, 1.807) is 0 Å². The molecule has 1 aliphatic rings. The molecule has 0 spiro atoms. The number of piperidine rings is 1. The topological polar surface area (TPSA) is 61.9 Å². The molecule has 5 heteroatoms. The first kappa shape index (κ1) is 16.0. The molecule has 1 N–H and O–H groups in total. The van der Waals surface area contributed by atoms with Crippen molar-refractivity contribution in [1.82, 2.24) is 19.9 Å². The van der Waals surface area contributed by atoms with Crippen LogP contribution in [0.4, 0.5) is 0 Å². The molecule has 0 aliphatic carbocycles. The van der Waals surface area contributed by atoms with E-state index in [4.69, 9.17) is 4.98 Å². The van der Waals surface area contributed by atoms with Crippen LogP contribution in [0.25, 0.3) is 21.9 Å². The van der Waals surface area contributed by atoms with Gasteiger partial charge < -0.3 is 9.88 Å². The Labute approximate surface area is 157 Å². The number of fused-ring (bicyclic) bond motifs is 2. The second-order valence-electron chi connectivity index (χ2n) is 7.12. The first-order valence-electron chi connectivity index (χ1n) is 9.38. The molecule has 3 heterocycles. The van der Waals surface area contributed by atoms with Crippen LogP contribution in [0.15, 0.2) is 60.7 Å². The van der Waals surface area contributed by atoms with Crippen molar-refractivity contribution >= 4 is 27.8 Å². The van der Waals surface area contributed by atoms with Crippen molar-refractivity contribution < 1.29 is 4.79 Å². The summed E-state index contributed by atoms with van der Waals surface area (Å²) in [5.74, 6) is 1.21. The Hall–Kier alpha value is -3.21. The molecule has 4 aromatic rings. The third kappa shape index (κ3) is 2.95. The van der Waals surface area contributed by atoms with Gasteiger partial charge in [-0.3, -0.25) is 4.79 Å². The fourth-order valence-electron chi connectivity index (χ4n) is 3.90. The van der Waals surface area contributed by atoms with Crippen molar-refractivity contribution in [3.63, 3.8) is 0 Å². The number of benzene rings is 2. The van der Waals surface area contributed by atoms with Crippen LogP contribution in [0.3, 0.4) is 0 Å². The lowest BCUT2D eigenvalue weighted by Gasteiger charge is -2.31. The summed E-state index contributed by atoms with van der Waals surface area (Å²) in [4.78, 5) is 27.7. The van der Waals surface area contributed by atoms with Crippen LogP contribution in [-0.2, 0) is 0 Å². The Morgan fingerprint density at radius 1 is 0.963 bits per heavy atom. The van der Waals surface area contributed by atoms with Crippen molar-refractivity contribution in [2.24, 2.45) is 0 Å². The highest BCUT2D eigenvalue weighted by molar-refractivity contribution is 5.95. The zero-order valence-corrected chi connectivity index (χ0v) is 14.9. The lowest BCUT2D eigenvalue weighted by molar-refractivity contribution is 0.0699. The van der Waals surface area contributed by atoms with E-state index in [2.05, 4.69) is 9.97 Å². The molecule has 1 fully saturated rings. The number of H-pyrrole nitrogens is 1. The quantitative estimate of drug-likeness (QED) is 0.587. The molecule has 0 bridgehead atoms. The number of amides is 1. The molecule has 1 atom stereocenters. The van der Waals surface area contributed by atoms with E-state index >= 15 is 0 Å². The largest absolute Gasteiger partial charge is 0.342 e. The summed E-state index contributed by atoms with van der Waals surface area (Å²) in [5.41, 5.74) is 3.40. The minimum absolute atomic E-state index is 0.00145. The minimum Gasteiger partial charge on any atom is -0.342 e. The zero-order chi connectivity index (χ0) is 18.2. The molecule has 27 heavy (non-hydrogen) atoms. The predicted octanol–water partition coefficient (Wildman–Crippen LogP) is 4.13. The van der Waals surface area contributed by atoms with Gasteiger partial charge in [0.1, 0.15) is 11.5 Å². The van der Waals surface area contributed by atoms with Crippen LogP contribution >= 0.6 is 0 Å². The van der Waals surface area contributed by atoms with E-state index in [1.807, 2.05) is 65.6 Å². The van der Waals surface area contributed by atoms with E-state index in [-0.39, 0.29) is 11.8 Å². The van der Waals surface area contributed by atoms with Gasteiger partial charge in [-0.2, -0.15) is 0 Å².